The summed E-state index contributed by atoms with van der Waals surface area (Å²) < 4.78 is 5.47. The molecule has 0 unspecified atom stereocenters. The molecule has 0 radical (unpaired) electrons. The normalized spacial score (nSPS) is 21.9. The fourth-order valence-corrected chi connectivity index (χ4v) is 3.07. The van der Waals surface area contributed by atoms with Crippen molar-refractivity contribution >= 4 is 17.2 Å². The Bertz CT molecular complexity index is 521. The Morgan fingerprint density at radius 3 is 2.67 bits per heavy atom. The number of hydrogen-bond donors (Lipinski definition) is 0. The van der Waals surface area contributed by atoms with Gasteiger partial charge < -0.3 is 14.5 Å². The van der Waals surface area contributed by atoms with Gasteiger partial charge >= 0.3 is 0 Å². The van der Waals surface area contributed by atoms with E-state index in [-0.39, 0.29) is 0 Å². The summed E-state index contributed by atoms with van der Waals surface area (Å²) in [4.78, 5) is 9.74. The summed E-state index contributed by atoms with van der Waals surface area (Å²) in [6, 6.07) is 6.49. The number of aliphatic imine (C=N–C) groups is 1. The van der Waals surface area contributed by atoms with Crippen LogP contribution < -0.4 is 4.90 Å². The van der Waals surface area contributed by atoms with Gasteiger partial charge in [-0.2, -0.15) is 0 Å². The van der Waals surface area contributed by atoms with Crippen molar-refractivity contribution in [3.63, 3.8) is 0 Å². The number of morpholine rings is 1. The highest BCUT2D eigenvalue weighted by Crippen LogP contribution is 2.33. The Morgan fingerprint density at radius 2 is 1.90 bits per heavy atom. The van der Waals surface area contributed by atoms with Crippen molar-refractivity contribution in [1.82, 2.24) is 4.90 Å². The Balaban J connectivity index is 1.94. The smallest absolute Gasteiger partial charge is 0.105 e. The molecule has 2 aliphatic heterocycles. The molecule has 0 spiro atoms. The van der Waals surface area contributed by atoms with Crippen LogP contribution in [0.3, 0.4) is 0 Å². The zero-order valence-electron chi connectivity index (χ0n) is 13.1. The Labute approximate surface area is 127 Å². The lowest BCUT2D eigenvalue weighted by atomic mass is 10.1. The minimum absolute atomic E-state index is 0.809. The Morgan fingerprint density at radius 1 is 1.10 bits per heavy atom. The maximum Gasteiger partial charge on any atom is 0.105 e. The predicted molar refractivity (Wildman–Crippen MR) is 87.8 cm³/mol. The molecule has 2 heterocycles. The number of amidine groups is 1. The van der Waals surface area contributed by atoms with Gasteiger partial charge in [0.15, 0.2) is 0 Å². The molecule has 4 nitrogen and oxygen atoms in total. The molecule has 1 aromatic carbocycles. The molecule has 3 rings (SSSR count). The number of benzene rings is 1. The largest absolute Gasteiger partial charge is 0.378 e. The van der Waals surface area contributed by atoms with Gasteiger partial charge in [0.1, 0.15) is 5.84 Å². The van der Waals surface area contributed by atoms with E-state index >= 15 is 0 Å². The SMILES string of the molecule is Cc1cccc(N2CCOCC2)c1N=C1CCCCN1C. The Hall–Kier alpha value is -1.55. The molecule has 0 atom stereocenters. The number of aryl methyl sites for hydroxylation is 1. The fraction of sp³-hybridized carbons (Fsp3) is 0.588. The van der Waals surface area contributed by atoms with E-state index in [9.17, 15) is 0 Å². The summed E-state index contributed by atoms with van der Waals surface area (Å²) in [6.45, 7) is 6.81. The molecule has 2 fully saturated rings. The van der Waals surface area contributed by atoms with Crippen molar-refractivity contribution in [3.8, 4) is 0 Å². The van der Waals surface area contributed by atoms with E-state index in [1.165, 1.54) is 29.9 Å². The van der Waals surface area contributed by atoms with E-state index in [2.05, 4.69) is 42.0 Å². The zero-order valence-corrected chi connectivity index (χ0v) is 13.1. The number of piperidine rings is 1. The maximum atomic E-state index is 5.47. The van der Waals surface area contributed by atoms with E-state index in [0.717, 1.165) is 45.0 Å². The molecule has 4 heteroatoms. The van der Waals surface area contributed by atoms with Crippen molar-refractivity contribution in [2.45, 2.75) is 26.2 Å². The van der Waals surface area contributed by atoms with E-state index < -0.39 is 0 Å². The van der Waals surface area contributed by atoms with E-state index in [1.54, 1.807) is 0 Å². The van der Waals surface area contributed by atoms with Crippen molar-refractivity contribution in [1.29, 1.82) is 0 Å². The van der Waals surface area contributed by atoms with Crippen LogP contribution in [0.1, 0.15) is 24.8 Å². The van der Waals surface area contributed by atoms with Gasteiger partial charge in [-0.05, 0) is 31.4 Å². The van der Waals surface area contributed by atoms with Crippen LogP contribution in [-0.4, -0.2) is 50.6 Å². The summed E-state index contributed by atoms with van der Waals surface area (Å²) in [5.41, 5.74) is 3.65. The standard InChI is InChI=1S/C17H25N3O/c1-14-6-5-7-15(20-10-12-21-13-11-20)17(14)18-16-8-3-4-9-19(16)2/h5-7H,3-4,8-13H2,1-2H3. The van der Waals surface area contributed by atoms with Crippen molar-refractivity contribution in [2.24, 2.45) is 4.99 Å². The van der Waals surface area contributed by atoms with Crippen LogP contribution in [0, 0.1) is 6.92 Å². The number of likely N-dealkylation sites (tertiary alicyclic amines) is 1. The second kappa shape index (κ2) is 6.48. The van der Waals surface area contributed by atoms with Crippen LogP contribution in [0.25, 0.3) is 0 Å². The van der Waals surface area contributed by atoms with E-state index in [1.807, 2.05) is 0 Å². The molecule has 21 heavy (non-hydrogen) atoms. The summed E-state index contributed by atoms with van der Waals surface area (Å²) in [7, 11) is 2.16. The monoisotopic (exact) mass is 287 g/mol. The zero-order chi connectivity index (χ0) is 14.7. The lowest BCUT2D eigenvalue weighted by Gasteiger charge is -2.31. The lowest BCUT2D eigenvalue weighted by molar-refractivity contribution is 0.123. The number of hydrogen-bond acceptors (Lipinski definition) is 3. The summed E-state index contributed by atoms with van der Waals surface area (Å²) >= 11 is 0. The highest BCUT2D eigenvalue weighted by Gasteiger charge is 2.18. The predicted octanol–water partition coefficient (Wildman–Crippen LogP) is 2.98. The maximum absolute atomic E-state index is 5.47. The van der Waals surface area contributed by atoms with Crippen molar-refractivity contribution in [2.75, 3.05) is 44.8 Å². The number of ether oxygens (including phenoxy) is 1. The first-order valence-corrected chi connectivity index (χ1v) is 7.97. The molecule has 1 aromatic rings. The quantitative estimate of drug-likeness (QED) is 0.837. The van der Waals surface area contributed by atoms with E-state index in [4.69, 9.17) is 9.73 Å². The molecular weight excluding hydrogens is 262 g/mol. The Kier molecular flexibility index (Phi) is 4.44. The number of nitrogens with zero attached hydrogens (tertiary/aromatic N) is 3. The minimum atomic E-state index is 0.809. The van der Waals surface area contributed by atoms with Crippen LogP contribution in [0.4, 0.5) is 11.4 Å². The molecule has 0 aromatic heterocycles. The van der Waals surface area contributed by atoms with E-state index in [0.29, 0.717) is 0 Å². The molecule has 0 aliphatic carbocycles. The molecule has 0 saturated carbocycles. The third kappa shape index (κ3) is 3.21. The van der Waals surface area contributed by atoms with Crippen molar-refractivity contribution < 1.29 is 4.74 Å². The van der Waals surface area contributed by atoms with Crippen LogP contribution in [0.15, 0.2) is 23.2 Å². The minimum Gasteiger partial charge on any atom is -0.378 e. The van der Waals surface area contributed by atoms with Crippen LogP contribution in [0.5, 0.6) is 0 Å². The van der Waals surface area contributed by atoms with Gasteiger partial charge in [-0.15, -0.1) is 0 Å². The first-order chi connectivity index (χ1) is 10.3. The second-order valence-electron chi connectivity index (χ2n) is 5.95. The summed E-state index contributed by atoms with van der Waals surface area (Å²) in [5, 5.41) is 0. The molecule has 114 valence electrons. The lowest BCUT2D eigenvalue weighted by Crippen LogP contribution is -2.36. The number of rotatable bonds is 2. The molecule has 2 saturated heterocycles. The number of anilines is 1. The van der Waals surface area contributed by atoms with Gasteiger partial charge in [0.2, 0.25) is 0 Å². The third-order valence-corrected chi connectivity index (χ3v) is 4.39. The van der Waals surface area contributed by atoms with Gasteiger partial charge in [0.25, 0.3) is 0 Å². The second-order valence-corrected chi connectivity index (χ2v) is 5.95. The fourth-order valence-electron chi connectivity index (χ4n) is 3.07. The van der Waals surface area contributed by atoms with Gasteiger partial charge in [0.05, 0.1) is 24.6 Å². The van der Waals surface area contributed by atoms with Gasteiger partial charge in [0, 0.05) is 33.1 Å². The molecule has 0 bridgehead atoms. The highest BCUT2D eigenvalue weighted by atomic mass is 16.5. The average molecular weight is 287 g/mol. The first-order valence-electron chi connectivity index (χ1n) is 7.97. The van der Waals surface area contributed by atoms with Crippen molar-refractivity contribution in [3.05, 3.63) is 23.8 Å². The van der Waals surface area contributed by atoms with Crippen LogP contribution in [-0.2, 0) is 4.74 Å². The van der Waals surface area contributed by atoms with Crippen LogP contribution >= 0.6 is 0 Å². The average Bonchev–Trinajstić information content (AvgIpc) is 2.52. The molecule has 0 N–H and O–H groups in total. The highest BCUT2D eigenvalue weighted by molar-refractivity contribution is 5.88. The summed E-state index contributed by atoms with van der Waals surface area (Å²) in [5.74, 6) is 1.23. The third-order valence-electron chi connectivity index (χ3n) is 4.39. The molecule has 0 amide bonds. The number of para-hydroxylation sites is 1. The van der Waals surface area contributed by atoms with Gasteiger partial charge in [-0.25, -0.2) is 4.99 Å². The molecular formula is C17H25N3O. The topological polar surface area (TPSA) is 28.1 Å². The molecule has 2 aliphatic rings. The summed E-state index contributed by atoms with van der Waals surface area (Å²) in [6.07, 6.45) is 3.62. The first kappa shape index (κ1) is 14.4. The van der Waals surface area contributed by atoms with Gasteiger partial charge in [-0.3, -0.25) is 0 Å². The van der Waals surface area contributed by atoms with Gasteiger partial charge in [-0.1, -0.05) is 12.1 Å². The van der Waals surface area contributed by atoms with Crippen LogP contribution in [0.2, 0.25) is 0 Å².